The summed E-state index contributed by atoms with van der Waals surface area (Å²) in [5, 5.41) is 3.72. The highest BCUT2D eigenvalue weighted by atomic mass is 14.9. The van der Waals surface area contributed by atoms with Crippen LogP contribution in [0.5, 0.6) is 0 Å². The molecule has 0 amide bonds. The Kier molecular flexibility index (Phi) is 7.11. The molecule has 16 heavy (non-hydrogen) atoms. The Labute approximate surface area is 102 Å². The van der Waals surface area contributed by atoms with Gasteiger partial charge >= 0.3 is 0 Å². The first kappa shape index (κ1) is 14.0. The molecule has 0 aromatic rings. The van der Waals surface area contributed by atoms with Gasteiger partial charge in [0.1, 0.15) is 0 Å². The fourth-order valence-electron chi connectivity index (χ4n) is 3.32. The molecule has 1 aliphatic rings. The van der Waals surface area contributed by atoms with Crippen LogP contribution in [-0.4, -0.2) is 12.6 Å². The normalized spacial score (nSPS) is 28.7. The van der Waals surface area contributed by atoms with Crippen molar-refractivity contribution < 1.29 is 0 Å². The maximum Gasteiger partial charge on any atom is 0.00953 e. The highest BCUT2D eigenvalue weighted by Gasteiger charge is 2.24. The third kappa shape index (κ3) is 4.86. The Bertz CT molecular complexity index is 167. The van der Waals surface area contributed by atoms with Crippen LogP contribution in [0.3, 0.4) is 0 Å². The van der Waals surface area contributed by atoms with Gasteiger partial charge in [-0.25, -0.2) is 0 Å². The zero-order valence-electron chi connectivity index (χ0n) is 11.6. The summed E-state index contributed by atoms with van der Waals surface area (Å²) >= 11 is 0. The molecule has 0 spiro atoms. The summed E-state index contributed by atoms with van der Waals surface area (Å²) in [6, 6.07) is 0.812. The van der Waals surface area contributed by atoms with Crippen molar-refractivity contribution in [2.75, 3.05) is 6.54 Å². The highest BCUT2D eigenvalue weighted by Crippen LogP contribution is 2.29. The summed E-state index contributed by atoms with van der Waals surface area (Å²) in [5.74, 6) is 1.87. The smallest absolute Gasteiger partial charge is 0.00953 e. The van der Waals surface area contributed by atoms with E-state index in [2.05, 4.69) is 26.1 Å². The SMILES string of the molecule is CCCC(C)CC1CCCCCC1NCC. The third-order valence-corrected chi connectivity index (χ3v) is 4.11. The Balaban J connectivity index is 2.43. The maximum absolute atomic E-state index is 3.72. The molecule has 0 bridgehead atoms. The van der Waals surface area contributed by atoms with Crippen molar-refractivity contribution in [2.24, 2.45) is 11.8 Å². The largest absolute Gasteiger partial charge is 0.314 e. The van der Waals surface area contributed by atoms with Gasteiger partial charge in [0.25, 0.3) is 0 Å². The van der Waals surface area contributed by atoms with Gasteiger partial charge in [-0.05, 0) is 37.6 Å². The Morgan fingerprint density at radius 2 is 1.88 bits per heavy atom. The Morgan fingerprint density at radius 3 is 2.56 bits per heavy atom. The number of rotatable bonds is 6. The summed E-state index contributed by atoms with van der Waals surface area (Å²) < 4.78 is 0. The zero-order valence-corrected chi connectivity index (χ0v) is 11.6. The predicted octanol–water partition coefficient (Wildman–Crippen LogP) is 4.37. The van der Waals surface area contributed by atoms with E-state index >= 15 is 0 Å². The van der Waals surface area contributed by atoms with Crippen molar-refractivity contribution in [3.8, 4) is 0 Å². The molecule has 0 aliphatic heterocycles. The van der Waals surface area contributed by atoms with Crippen LogP contribution in [0.25, 0.3) is 0 Å². The molecule has 0 heterocycles. The lowest BCUT2D eigenvalue weighted by Gasteiger charge is -2.28. The maximum atomic E-state index is 3.72. The molecule has 3 unspecified atom stereocenters. The van der Waals surface area contributed by atoms with Gasteiger partial charge in [-0.15, -0.1) is 0 Å². The summed E-state index contributed by atoms with van der Waals surface area (Å²) in [7, 11) is 0. The summed E-state index contributed by atoms with van der Waals surface area (Å²) in [6.45, 7) is 8.14. The molecule has 1 N–H and O–H groups in total. The molecule has 1 aliphatic carbocycles. The molecule has 0 saturated heterocycles. The van der Waals surface area contributed by atoms with E-state index in [1.54, 1.807) is 0 Å². The highest BCUT2D eigenvalue weighted by molar-refractivity contribution is 4.80. The quantitative estimate of drug-likeness (QED) is 0.662. The van der Waals surface area contributed by atoms with Crippen LogP contribution in [0.4, 0.5) is 0 Å². The van der Waals surface area contributed by atoms with Crippen molar-refractivity contribution >= 4 is 0 Å². The summed E-state index contributed by atoms with van der Waals surface area (Å²) in [5.41, 5.74) is 0. The van der Waals surface area contributed by atoms with Crippen LogP contribution in [-0.2, 0) is 0 Å². The molecule has 0 aromatic carbocycles. The third-order valence-electron chi connectivity index (χ3n) is 4.11. The van der Waals surface area contributed by atoms with E-state index in [1.165, 1.54) is 51.4 Å². The van der Waals surface area contributed by atoms with Gasteiger partial charge in [-0.2, -0.15) is 0 Å². The van der Waals surface area contributed by atoms with E-state index in [4.69, 9.17) is 0 Å². The average Bonchev–Trinajstić information content (AvgIpc) is 2.46. The molecule has 3 atom stereocenters. The molecular formula is C15H31N. The van der Waals surface area contributed by atoms with Crippen LogP contribution in [0, 0.1) is 11.8 Å². The molecule has 96 valence electrons. The minimum atomic E-state index is 0.812. The van der Waals surface area contributed by atoms with Crippen LogP contribution < -0.4 is 5.32 Å². The predicted molar refractivity (Wildman–Crippen MR) is 72.7 cm³/mol. The molecule has 1 rings (SSSR count). The van der Waals surface area contributed by atoms with Gasteiger partial charge in [0.15, 0.2) is 0 Å². The van der Waals surface area contributed by atoms with Crippen molar-refractivity contribution in [1.29, 1.82) is 0 Å². The minimum absolute atomic E-state index is 0.812. The molecular weight excluding hydrogens is 194 g/mol. The minimum Gasteiger partial charge on any atom is -0.314 e. The monoisotopic (exact) mass is 225 g/mol. The van der Waals surface area contributed by atoms with Gasteiger partial charge in [-0.1, -0.05) is 52.9 Å². The first-order chi connectivity index (χ1) is 7.77. The molecule has 1 nitrogen and oxygen atoms in total. The molecule has 1 saturated carbocycles. The lowest BCUT2D eigenvalue weighted by molar-refractivity contribution is 0.275. The van der Waals surface area contributed by atoms with E-state index < -0.39 is 0 Å². The van der Waals surface area contributed by atoms with Gasteiger partial charge in [0.05, 0.1) is 0 Å². The fourth-order valence-corrected chi connectivity index (χ4v) is 3.32. The van der Waals surface area contributed by atoms with Gasteiger partial charge in [0, 0.05) is 6.04 Å². The second-order valence-electron chi connectivity index (χ2n) is 5.69. The zero-order chi connectivity index (χ0) is 11.8. The van der Waals surface area contributed by atoms with Crippen LogP contribution >= 0.6 is 0 Å². The first-order valence-electron chi connectivity index (χ1n) is 7.51. The van der Waals surface area contributed by atoms with Gasteiger partial charge < -0.3 is 5.32 Å². The van der Waals surface area contributed by atoms with Crippen LogP contribution in [0.15, 0.2) is 0 Å². The number of hydrogen-bond acceptors (Lipinski definition) is 1. The topological polar surface area (TPSA) is 12.0 Å². The Hall–Kier alpha value is -0.0400. The second kappa shape index (κ2) is 8.11. The van der Waals surface area contributed by atoms with Crippen molar-refractivity contribution in [3.05, 3.63) is 0 Å². The molecule has 1 fully saturated rings. The van der Waals surface area contributed by atoms with Crippen molar-refractivity contribution in [3.63, 3.8) is 0 Å². The Morgan fingerprint density at radius 1 is 1.12 bits per heavy atom. The van der Waals surface area contributed by atoms with Gasteiger partial charge in [0.2, 0.25) is 0 Å². The first-order valence-corrected chi connectivity index (χ1v) is 7.51. The number of hydrogen-bond donors (Lipinski definition) is 1. The fraction of sp³-hybridized carbons (Fsp3) is 1.00. The van der Waals surface area contributed by atoms with E-state index in [1.807, 2.05) is 0 Å². The molecule has 1 heteroatoms. The van der Waals surface area contributed by atoms with Crippen LogP contribution in [0.2, 0.25) is 0 Å². The lowest BCUT2D eigenvalue weighted by Crippen LogP contribution is -2.36. The number of nitrogens with one attached hydrogen (secondary N) is 1. The summed E-state index contributed by atoms with van der Waals surface area (Å²) in [4.78, 5) is 0. The average molecular weight is 225 g/mol. The van der Waals surface area contributed by atoms with Crippen LogP contribution in [0.1, 0.15) is 72.1 Å². The van der Waals surface area contributed by atoms with E-state index in [9.17, 15) is 0 Å². The van der Waals surface area contributed by atoms with Gasteiger partial charge in [-0.3, -0.25) is 0 Å². The lowest BCUT2D eigenvalue weighted by atomic mass is 9.84. The molecule has 0 radical (unpaired) electrons. The van der Waals surface area contributed by atoms with E-state index in [-0.39, 0.29) is 0 Å². The van der Waals surface area contributed by atoms with E-state index in [0.29, 0.717) is 0 Å². The molecule has 0 aromatic heterocycles. The summed E-state index contributed by atoms with van der Waals surface area (Å²) in [6.07, 6.45) is 11.5. The second-order valence-corrected chi connectivity index (χ2v) is 5.69. The standard InChI is InChI=1S/C15H31N/c1-4-9-13(3)12-14-10-7-6-8-11-15(14)16-5-2/h13-16H,4-12H2,1-3H3. The van der Waals surface area contributed by atoms with Crippen molar-refractivity contribution in [1.82, 2.24) is 5.32 Å². The van der Waals surface area contributed by atoms with Crippen molar-refractivity contribution in [2.45, 2.75) is 78.2 Å². The van der Waals surface area contributed by atoms with E-state index in [0.717, 1.165) is 24.4 Å².